The molecule has 17 heavy (non-hydrogen) atoms. The van der Waals surface area contributed by atoms with Crippen molar-refractivity contribution in [2.45, 2.75) is 38.3 Å². The lowest BCUT2D eigenvalue weighted by atomic mass is 10.1. The summed E-state index contributed by atoms with van der Waals surface area (Å²) in [5, 5.41) is 0.699. The van der Waals surface area contributed by atoms with Crippen molar-refractivity contribution in [1.29, 1.82) is 0 Å². The lowest BCUT2D eigenvalue weighted by Gasteiger charge is -2.10. The summed E-state index contributed by atoms with van der Waals surface area (Å²) in [5.74, 6) is 0.839. The molecule has 94 valence electrons. The molecule has 0 spiro atoms. The summed E-state index contributed by atoms with van der Waals surface area (Å²) in [6, 6.07) is 0. The fourth-order valence-corrected chi connectivity index (χ4v) is 1.94. The smallest absolute Gasteiger partial charge is 0.220 e. The van der Waals surface area contributed by atoms with Crippen LogP contribution in [0.3, 0.4) is 0 Å². The van der Waals surface area contributed by atoms with Crippen LogP contribution in [0.2, 0.25) is 0 Å². The minimum atomic E-state index is 0.250. The normalized spacial score (nSPS) is 10.4. The average Bonchev–Trinajstić information content (AvgIpc) is 2.35. The molecule has 0 radical (unpaired) electrons. The molecule has 0 amide bonds. The molecule has 0 atom stereocenters. The first-order valence-electron chi connectivity index (χ1n) is 5.59. The molecule has 0 unspecified atom stereocenters. The lowest BCUT2D eigenvalue weighted by molar-refractivity contribution is -0.118. The van der Waals surface area contributed by atoms with Crippen molar-refractivity contribution in [1.82, 2.24) is 9.97 Å². The summed E-state index contributed by atoms with van der Waals surface area (Å²) in [4.78, 5) is 20.0. The quantitative estimate of drug-likeness (QED) is 0.576. The SMILES string of the molecule is CCC(=O)CCc1c(C)nc(SC)nc1OC. The first-order valence-corrected chi connectivity index (χ1v) is 6.82. The van der Waals surface area contributed by atoms with E-state index >= 15 is 0 Å². The van der Waals surface area contributed by atoms with Gasteiger partial charge in [0.15, 0.2) is 5.16 Å². The van der Waals surface area contributed by atoms with Crippen LogP contribution in [0.15, 0.2) is 5.16 Å². The molecule has 0 fully saturated rings. The number of thioether (sulfide) groups is 1. The standard InChI is InChI=1S/C12H18N2O2S/c1-5-9(15)6-7-10-8(2)13-12(17-4)14-11(10)16-3/h5-7H2,1-4H3. The number of methoxy groups -OCH3 is 1. The predicted octanol–water partition coefficient (Wildman–Crippen LogP) is 2.43. The topological polar surface area (TPSA) is 52.1 Å². The number of aromatic nitrogens is 2. The molecule has 1 aromatic rings. The van der Waals surface area contributed by atoms with Crippen molar-refractivity contribution >= 4 is 17.5 Å². The van der Waals surface area contributed by atoms with E-state index in [9.17, 15) is 4.79 Å². The highest BCUT2D eigenvalue weighted by molar-refractivity contribution is 7.98. The highest BCUT2D eigenvalue weighted by Gasteiger charge is 2.13. The molecule has 0 bridgehead atoms. The van der Waals surface area contributed by atoms with Gasteiger partial charge >= 0.3 is 0 Å². The Morgan fingerprint density at radius 3 is 2.65 bits per heavy atom. The van der Waals surface area contributed by atoms with Crippen LogP contribution in [0.25, 0.3) is 0 Å². The molecule has 0 saturated carbocycles. The third-order valence-electron chi connectivity index (χ3n) is 2.58. The average molecular weight is 254 g/mol. The number of nitrogens with zero attached hydrogens (tertiary/aromatic N) is 2. The summed E-state index contributed by atoms with van der Waals surface area (Å²) in [5.41, 5.74) is 1.83. The van der Waals surface area contributed by atoms with Crippen LogP contribution >= 0.6 is 11.8 Å². The highest BCUT2D eigenvalue weighted by atomic mass is 32.2. The van der Waals surface area contributed by atoms with E-state index in [0.29, 0.717) is 30.3 Å². The van der Waals surface area contributed by atoms with E-state index in [1.54, 1.807) is 7.11 Å². The van der Waals surface area contributed by atoms with E-state index in [1.807, 2.05) is 20.1 Å². The van der Waals surface area contributed by atoms with Crippen LogP contribution in [0, 0.1) is 6.92 Å². The van der Waals surface area contributed by atoms with Crippen molar-refractivity contribution in [2.24, 2.45) is 0 Å². The van der Waals surface area contributed by atoms with Crippen LogP contribution in [-0.2, 0) is 11.2 Å². The summed E-state index contributed by atoms with van der Waals surface area (Å²) in [7, 11) is 1.59. The maximum Gasteiger partial charge on any atom is 0.220 e. The van der Waals surface area contributed by atoms with E-state index in [-0.39, 0.29) is 5.78 Å². The Bertz CT molecular complexity index is 408. The minimum absolute atomic E-state index is 0.250. The molecule has 5 heteroatoms. The summed E-state index contributed by atoms with van der Waals surface area (Å²) >= 11 is 1.48. The van der Waals surface area contributed by atoms with E-state index in [4.69, 9.17) is 4.74 Å². The monoisotopic (exact) mass is 254 g/mol. The van der Waals surface area contributed by atoms with Crippen molar-refractivity contribution in [3.8, 4) is 5.88 Å². The molecule has 1 rings (SSSR count). The number of Topliss-reactive ketones (excluding diaryl/α,β-unsaturated/α-hetero) is 1. The highest BCUT2D eigenvalue weighted by Crippen LogP contribution is 2.23. The molecule has 1 heterocycles. The zero-order chi connectivity index (χ0) is 12.8. The molecule has 4 nitrogen and oxygen atoms in total. The number of hydrogen-bond donors (Lipinski definition) is 0. The van der Waals surface area contributed by atoms with Gasteiger partial charge in [-0.15, -0.1) is 0 Å². The number of aryl methyl sites for hydroxylation is 1. The fraction of sp³-hybridized carbons (Fsp3) is 0.583. The number of hydrogen-bond acceptors (Lipinski definition) is 5. The predicted molar refractivity (Wildman–Crippen MR) is 68.7 cm³/mol. The van der Waals surface area contributed by atoms with Crippen molar-refractivity contribution in [2.75, 3.05) is 13.4 Å². The second-order valence-corrected chi connectivity index (χ2v) is 4.45. The summed E-state index contributed by atoms with van der Waals surface area (Å²) < 4.78 is 5.26. The molecule has 0 aliphatic rings. The molecule has 0 saturated heterocycles. The lowest BCUT2D eigenvalue weighted by Crippen LogP contribution is -2.05. The van der Waals surface area contributed by atoms with Crippen LogP contribution in [0.5, 0.6) is 5.88 Å². The van der Waals surface area contributed by atoms with Gasteiger partial charge in [0.1, 0.15) is 5.78 Å². The second kappa shape index (κ2) is 6.59. The molecule has 1 aromatic heterocycles. The maximum atomic E-state index is 11.3. The van der Waals surface area contributed by atoms with E-state index in [0.717, 1.165) is 11.3 Å². The Labute approximate surface area is 106 Å². The first-order chi connectivity index (χ1) is 8.12. The Balaban J connectivity index is 2.93. The Morgan fingerprint density at radius 1 is 1.41 bits per heavy atom. The van der Waals surface area contributed by atoms with Crippen molar-refractivity contribution in [3.05, 3.63) is 11.3 Å². The molecular formula is C12H18N2O2S. The number of ether oxygens (including phenoxy) is 1. The number of carbonyl (C=O) groups is 1. The minimum Gasteiger partial charge on any atom is -0.481 e. The van der Waals surface area contributed by atoms with Gasteiger partial charge in [0, 0.05) is 24.1 Å². The Hall–Kier alpha value is -1.10. The zero-order valence-corrected chi connectivity index (χ0v) is 11.6. The van der Waals surface area contributed by atoms with E-state index in [1.165, 1.54) is 11.8 Å². The molecule has 0 N–H and O–H groups in total. The zero-order valence-electron chi connectivity index (χ0n) is 10.7. The number of rotatable bonds is 6. The van der Waals surface area contributed by atoms with Gasteiger partial charge in [-0.1, -0.05) is 18.7 Å². The number of ketones is 1. The van der Waals surface area contributed by atoms with Gasteiger partial charge in [0.2, 0.25) is 5.88 Å². The van der Waals surface area contributed by atoms with Crippen molar-refractivity contribution in [3.63, 3.8) is 0 Å². The van der Waals surface area contributed by atoms with Gasteiger partial charge in [-0.3, -0.25) is 4.79 Å². The van der Waals surface area contributed by atoms with Crippen LogP contribution < -0.4 is 4.74 Å². The van der Waals surface area contributed by atoms with Crippen molar-refractivity contribution < 1.29 is 9.53 Å². The Morgan fingerprint density at radius 2 is 2.12 bits per heavy atom. The second-order valence-electron chi connectivity index (χ2n) is 3.68. The van der Waals surface area contributed by atoms with Gasteiger partial charge in [0.25, 0.3) is 0 Å². The van der Waals surface area contributed by atoms with Gasteiger partial charge in [-0.2, -0.15) is 4.98 Å². The van der Waals surface area contributed by atoms with Crippen LogP contribution in [-0.4, -0.2) is 29.1 Å². The summed E-state index contributed by atoms with van der Waals surface area (Å²) in [6.07, 6.45) is 3.67. The summed E-state index contributed by atoms with van der Waals surface area (Å²) in [6.45, 7) is 3.80. The Kier molecular flexibility index (Phi) is 5.41. The third-order valence-corrected chi connectivity index (χ3v) is 3.13. The van der Waals surface area contributed by atoms with Gasteiger partial charge in [-0.25, -0.2) is 4.98 Å². The molecule has 0 aliphatic heterocycles. The van der Waals surface area contributed by atoms with E-state index < -0.39 is 0 Å². The first kappa shape index (κ1) is 14.0. The number of carbonyl (C=O) groups excluding carboxylic acids is 1. The largest absolute Gasteiger partial charge is 0.481 e. The maximum absolute atomic E-state index is 11.3. The van der Waals surface area contributed by atoms with Gasteiger partial charge in [-0.05, 0) is 19.6 Å². The molecule has 0 aliphatic carbocycles. The van der Waals surface area contributed by atoms with Crippen LogP contribution in [0.4, 0.5) is 0 Å². The molecule has 0 aromatic carbocycles. The van der Waals surface area contributed by atoms with Gasteiger partial charge in [0.05, 0.1) is 7.11 Å². The van der Waals surface area contributed by atoms with Gasteiger partial charge < -0.3 is 4.74 Å². The molecular weight excluding hydrogens is 236 g/mol. The fourth-order valence-electron chi connectivity index (χ4n) is 1.53. The van der Waals surface area contributed by atoms with Crippen LogP contribution in [0.1, 0.15) is 31.0 Å². The van der Waals surface area contributed by atoms with E-state index in [2.05, 4.69) is 9.97 Å². The third kappa shape index (κ3) is 3.70.